The third-order valence-electron chi connectivity index (χ3n) is 4.00. The van der Waals surface area contributed by atoms with Crippen molar-refractivity contribution in [1.29, 1.82) is 0 Å². The highest BCUT2D eigenvalue weighted by Gasteiger charge is 2.29. The molecule has 3 heteroatoms. The molecule has 0 aromatic heterocycles. The maximum absolute atomic E-state index is 6.17. The second-order valence-corrected chi connectivity index (χ2v) is 6.72. The topological polar surface area (TPSA) is 12.0 Å². The fraction of sp³-hybridized carbons (Fsp3) is 0.294. The standard InChI is InChI=1S/C17H17BrClN/c18-15-6-3-5-12(8-15)14-9-16(10-14)20-11-13-4-1-2-7-17(13)19/h1-8,14,16,20H,9-11H2. The summed E-state index contributed by atoms with van der Waals surface area (Å²) in [5.74, 6) is 0.691. The molecular weight excluding hydrogens is 334 g/mol. The Balaban J connectivity index is 1.50. The van der Waals surface area contributed by atoms with Crippen molar-refractivity contribution in [3.63, 3.8) is 0 Å². The van der Waals surface area contributed by atoms with E-state index in [-0.39, 0.29) is 0 Å². The van der Waals surface area contributed by atoms with Gasteiger partial charge in [-0.25, -0.2) is 0 Å². The number of benzene rings is 2. The van der Waals surface area contributed by atoms with E-state index in [0.717, 1.165) is 11.6 Å². The zero-order valence-electron chi connectivity index (χ0n) is 11.2. The van der Waals surface area contributed by atoms with Crippen LogP contribution in [0.1, 0.15) is 29.9 Å². The van der Waals surface area contributed by atoms with Crippen LogP contribution in [0, 0.1) is 0 Å². The second-order valence-electron chi connectivity index (χ2n) is 5.39. The van der Waals surface area contributed by atoms with E-state index in [1.54, 1.807) is 0 Å². The number of nitrogens with one attached hydrogen (secondary N) is 1. The van der Waals surface area contributed by atoms with Crippen molar-refractivity contribution in [3.8, 4) is 0 Å². The van der Waals surface area contributed by atoms with Gasteiger partial charge in [-0.1, -0.05) is 57.9 Å². The molecule has 0 unspecified atom stereocenters. The van der Waals surface area contributed by atoms with Gasteiger partial charge in [0.05, 0.1) is 0 Å². The Morgan fingerprint density at radius 2 is 1.90 bits per heavy atom. The molecule has 3 rings (SSSR count). The molecule has 0 heterocycles. The van der Waals surface area contributed by atoms with Crippen molar-refractivity contribution in [1.82, 2.24) is 5.32 Å². The van der Waals surface area contributed by atoms with E-state index in [4.69, 9.17) is 11.6 Å². The molecule has 104 valence electrons. The molecule has 0 spiro atoms. The Labute approximate surface area is 133 Å². The van der Waals surface area contributed by atoms with E-state index in [1.165, 1.54) is 28.4 Å². The van der Waals surface area contributed by atoms with E-state index in [9.17, 15) is 0 Å². The smallest absolute Gasteiger partial charge is 0.0450 e. The van der Waals surface area contributed by atoms with E-state index in [1.807, 2.05) is 18.2 Å². The average Bonchev–Trinajstić information content (AvgIpc) is 2.39. The lowest BCUT2D eigenvalue weighted by molar-refractivity contribution is 0.289. The van der Waals surface area contributed by atoms with Gasteiger partial charge < -0.3 is 5.32 Å². The predicted octanol–water partition coefficient (Wildman–Crippen LogP) is 5.14. The summed E-state index contributed by atoms with van der Waals surface area (Å²) < 4.78 is 1.17. The Morgan fingerprint density at radius 3 is 2.65 bits per heavy atom. The van der Waals surface area contributed by atoms with Gasteiger partial charge >= 0.3 is 0 Å². The van der Waals surface area contributed by atoms with E-state index in [2.05, 4.69) is 51.6 Å². The molecule has 0 radical (unpaired) electrons. The summed E-state index contributed by atoms with van der Waals surface area (Å²) in [7, 11) is 0. The molecule has 0 atom stereocenters. The van der Waals surface area contributed by atoms with Crippen LogP contribution in [-0.2, 0) is 6.54 Å². The van der Waals surface area contributed by atoms with Crippen LogP contribution < -0.4 is 5.32 Å². The Morgan fingerprint density at radius 1 is 1.10 bits per heavy atom. The fourth-order valence-corrected chi connectivity index (χ4v) is 3.33. The van der Waals surface area contributed by atoms with Crippen molar-refractivity contribution < 1.29 is 0 Å². The highest BCUT2D eigenvalue weighted by molar-refractivity contribution is 9.10. The van der Waals surface area contributed by atoms with Gasteiger partial charge in [-0.15, -0.1) is 0 Å². The lowest BCUT2D eigenvalue weighted by atomic mass is 9.76. The normalized spacial score (nSPS) is 21.5. The third-order valence-corrected chi connectivity index (χ3v) is 4.86. The first kappa shape index (κ1) is 14.1. The van der Waals surface area contributed by atoms with Gasteiger partial charge in [-0.05, 0) is 48.1 Å². The summed E-state index contributed by atoms with van der Waals surface area (Å²) in [6.45, 7) is 0.857. The van der Waals surface area contributed by atoms with Gasteiger partial charge in [0, 0.05) is 22.1 Å². The van der Waals surface area contributed by atoms with Gasteiger partial charge in [-0.3, -0.25) is 0 Å². The second kappa shape index (κ2) is 6.30. The van der Waals surface area contributed by atoms with Gasteiger partial charge in [0.25, 0.3) is 0 Å². The maximum Gasteiger partial charge on any atom is 0.0450 e. The number of hydrogen-bond donors (Lipinski definition) is 1. The summed E-state index contributed by atoms with van der Waals surface area (Å²) >= 11 is 9.70. The quantitative estimate of drug-likeness (QED) is 0.805. The molecule has 2 aromatic rings. The lowest BCUT2D eigenvalue weighted by Crippen LogP contribution is -2.39. The van der Waals surface area contributed by atoms with Crippen LogP contribution in [0.3, 0.4) is 0 Å². The van der Waals surface area contributed by atoms with Gasteiger partial charge in [0.15, 0.2) is 0 Å². The number of hydrogen-bond acceptors (Lipinski definition) is 1. The molecule has 20 heavy (non-hydrogen) atoms. The monoisotopic (exact) mass is 349 g/mol. The molecule has 1 aliphatic carbocycles. The molecule has 2 aromatic carbocycles. The molecule has 0 amide bonds. The maximum atomic E-state index is 6.17. The van der Waals surface area contributed by atoms with Crippen LogP contribution in [-0.4, -0.2) is 6.04 Å². The van der Waals surface area contributed by atoms with Crippen LogP contribution in [0.15, 0.2) is 53.0 Å². The highest BCUT2D eigenvalue weighted by atomic mass is 79.9. The fourth-order valence-electron chi connectivity index (χ4n) is 2.71. The Kier molecular flexibility index (Phi) is 4.45. The van der Waals surface area contributed by atoms with Gasteiger partial charge in [0.1, 0.15) is 0 Å². The molecule has 1 N–H and O–H groups in total. The minimum Gasteiger partial charge on any atom is -0.310 e. The predicted molar refractivity (Wildman–Crippen MR) is 88.2 cm³/mol. The summed E-state index contributed by atoms with van der Waals surface area (Å²) in [5.41, 5.74) is 2.62. The van der Waals surface area contributed by atoms with Crippen LogP contribution >= 0.6 is 27.5 Å². The first-order valence-electron chi connectivity index (χ1n) is 6.94. The number of halogens is 2. The molecule has 1 saturated carbocycles. The first-order chi connectivity index (χ1) is 9.72. The van der Waals surface area contributed by atoms with Gasteiger partial charge in [-0.2, -0.15) is 0 Å². The molecule has 1 aliphatic rings. The van der Waals surface area contributed by atoms with E-state index < -0.39 is 0 Å². The molecule has 0 aliphatic heterocycles. The minimum atomic E-state index is 0.607. The lowest BCUT2D eigenvalue weighted by Gasteiger charge is -2.36. The van der Waals surface area contributed by atoms with Crippen LogP contribution in [0.4, 0.5) is 0 Å². The summed E-state index contributed by atoms with van der Waals surface area (Å²) in [4.78, 5) is 0. The Bertz CT molecular complexity index is 593. The van der Waals surface area contributed by atoms with E-state index in [0.29, 0.717) is 12.0 Å². The number of rotatable bonds is 4. The molecular formula is C17H17BrClN. The van der Waals surface area contributed by atoms with Crippen LogP contribution in [0.25, 0.3) is 0 Å². The van der Waals surface area contributed by atoms with Crippen LogP contribution in [0.5, 0.6) is 0 Å². The van der Waals surface area contributed by atoms with Crippen molar-refractivity contribution in [2.45, 2.75) is 31.3 Å². The Hall–Kier alpha value is -0.830. The van der Waals surface area contributed by atoms with Crippen molar-refractivity contribution >= 4 is 27.5 Å². The van der Waals surface area contributed by atoms with Gasteiger partial charge in [0.2, 0.25) is 0 Å². The summed E-state index contributed by atoms with van der Waals surface area (Å²) in [6, 6.07) is 17.3. The van der Waals surface area contributed by atoms with Crippen molar-refractivity contribution in [3.05, 3.63) is 69.2 Å². The molecule has 1 nitrogen and oxygen atoms in total. The van der Waals surface area contributed by atoms with Crippen LogP contribution in [0.2, 0.25) is 5.02 Å². The third kappa shape index (κ3) is 3.25. The van der Waals surface area contributed by atoms with Crippen molar-refractivity contribution in [2.24, 2.45) is 0 Å². The SMILES string of the molecule is Clc1ccccc1CNC1CC(c2cccc(Br)c2)C1. The molecule has 0 bridgehead atoms. The first-order valence-corrected chi connectivity index (χ1v) is 8.12. The highest BCUT2D eigenvalue weighted by Crippen LogP contribution is 2.37. The molecule has 1 fully saturated rings. The zero-order chi connectivity index (χ0) is 13.9. The van der Waals surface area contributed by atoms with Crippen molar-refractivity contribution in [2.75, 3.05) is 0 Å². The van der Waals surface area contributed by atoms with E-state index >= 15 is 0 Å². The molecule has 0 saturated heterocycles. The average molecular weight is 351 g/mol. The summed E-state index contributed by atoms with van der Waals surface area (Å²) in [6.07, 6.45) is 2.42. The minimum absolute atomic E-state index is 0.607. The zero-order valence-corrected chi connectivity index (χ0v) is 13.5. The largest absolute Gasteiger partial charge is 0.310 e. The summed E-state index contributed by atoms with van der Waals surface area (Å²) in [5, 5.41) is 4.44.